The first-order chi connectivity index (χ1) is 8.60. The van der Waals surface area contributed by atoms with Crippen molar-refractivity contribution in [1.82, 2.24) is 9.55 Å². The van der Waals surface area contributed by atoms with Gasteiger partial charge in [-0.2, -0.15) is 0 Å². The standard InChI is InChI=1S/C12H12N2O.C3H8/c1-9-6-7-11(10(2)13-9)14-8-4-3-5-12(14)15;1-3-2/h3-8H,1-2H3;3H2,1-2H3. The predicted molar refractivity (Wildman–Crippen MR) is 75.3 cm³/mol. The molecule has 0 atom stereocenters. The van der Waals surface area contributed by atoms with Crippen LogP contribution in [0.1, 0.15) is 31.7 Å². The maximum absolute atomic E-state index is 11.6. The van der Waals surface area contributed by atoms with Gasteiger partial charge in [0.05, 0.1) is 11.4 Å². The van der Waals surface area contributed by atoms with Crippen molar-refractivity contribution in [1.29, 1.82) is 0 Å². The van der Waals surface area contributed by atoms with Gasteiger partial charge in [-0.15, -0.1) is 0 Å². The van der Waals surface area contributed by atoms with E-state index in [0.29, 0.717) is 0 Å². The smallest absolute Gasteiger partial charge is 0.255 e. The SMILES string of the molecule is CCC.Cc1ccc(-n2ccccc2=O)c(C)n1. The molecule has 2 heterocycles. The van der Waals surface area contributed by atoms with E-state index in [9.17, 15) is 4.79 Å². The van der Waals surface area contributed by atoms with Gasteiger partial charge in [0.1, 0.15) is 0 Å². The molecule has 0 fully saturated rings. The van der Waals surface area contributed by atoms with Gasteiger partial charge in [0.2, 0.25) is 0 Å². The summed E-state index contributed by atoms with van der Waals surface area (Å²) in [5, 5.41) is 0. The molecule has 0 bridgehead atoms. The maximum Gasteiger partial charge on any atom is 0.255 e. The van der Waals surface area contributed by atoms with Gasteiger partial charge in [0, 0.05) is 18.0 Å². The summed E-state index contributed by atoms with van der Waals surface area (Å²) in [5.74, 6) is 0. The number of aromatic nitrogens is 2. The summed E-state index contributed by atoms with van der Waals surface area (Å²) in [6.07, 6.45) is 3.00. The molecule has 0 aliphatic heterocycles. The molecule has 3 nitrogen and oxygen atoms in total. The van der Waals surface area contributed by atoms with Gasteiger partial charge in [0.15, 0.2) is 0 Å². The Hall–Kier alpha value is -1.90. The third kappa shape index (κ3) is 3.55. The first-order valence-corrected chi connectivity index (χ1v) is 6.22. The van der Waals surface area contributed by atoms with E-state index >= 15 is 0 Å². The molecule has 0 radical (unpaired) electrons. The molecule has 0 spiro atoms. The van der Waals surface area contributed by atoms with Crippen LogP contribution in [0.4, 0.5) is 0 Å². The van der Waals surface area contributed by atoms with Gasteiger partial charge in [-0.3, -0.25) is 14.3 Å². The lowest BCUT2D eigenvalue weighted by atomic mass is 10.2. The highest BCUT2D eigenvalue weighted by molar-refractivity contribution is 5.37. The topological polar surface area (TPSA) is 34.9 Å². The molecule has 0 N–H and O–H groups in total. The van der Waals surface area contributed by atoms with Gasteiger partial charge in [-0.25, -0.2) is 0 Å². The van der Waals surface area contributed by atoms with E-state index in [4.69, 9.17) is 0 Å². The molecule has 2 rings (SSSR count). The molecule has 0 aromatic carbocycles. The van der Waals surface area contributed by atoms with E-state index in [1.807, 2.05) is 32.0 Å². The summed E-state index contributed by atoms with van der Waals surface area (Å²) in [4.78, 5) is 15.9. The van der Waals surface area contributed by atoms with Crippen molar-refractivity contribution < 1.29 is 0 Å². The minimum absolute atomic E-state index is 0.0359. The molecule has 2 aromatic heterocycles. The maximum atomic E-state index is 11.6. The van der Waals surface area contributed by atoms with Crippen molar-refractivity contribution in [3.05, 3.63) is 58.3 Å². The van der Waals surface area contributed by atoms with Crippen LogP contribution in [0.25, 0.3) is 5.69 Å². The fourth-order valence-electron chi connectivity index (χ4n) is 1.56. The molecule has 0 saturated heterocycles. The minimum Gasteiger partial charge on any atom is -0.282 e. The molecule has 0 unspecified atom stereocenters. The van der Waals surface area contributed by atoms with Crippen molar-refractivity contribution in [2.45, 2.75) is 34.1 Å². The van der Waals surface area contributed by atoms with Crippen molar-refractivity contribution in [2.24, 2.45) is 0 Å². The Morgan fingerprint density at radius 3 is 2.33 bits per heavy atom. The number of hydrogen-bond donors (Lipinski definition) is 0. The summed E-state index contributed by atoms with van der Waals surface area (Å²) in [5.41, 5.74) is 2.63. The van der Waals surface area contributed by atoms with Crippen LogP contribution in [0.3, 0.4) is 0 Å². The summed E-state index contributed by atoms with van der Waals surface area (Å²) in [6.45, 7) is 8.09. The van der Waals surface area contributed by atoms with Gasteiger partial charge in [-0.1, -0.05) is 26.3 Å². The average molecular weight is 244 g/mol. The molecule has 0 aliphatic rings. The first kappa shape index (κ1) is 14.2. The van der Waals surface area contributed by atoms with E-state index in [2.05, 4.69) is 18.8 Å². The third-order valence-electron chi connectivity index (χ3n) is 2.28. The minimum atomic E-state index is -0.0359. The molecule has 0 amide bonds. The summed E-state index contributed by atoms with van der Waals surface area (Å²) in [7, 11) is 0. The Morgan fingerprint density at radius 1 is 1.11 bits per heavy atom. The summed E-state index contributed by atoms with van der Waals surface area (Å²) < 4.78 is 1.60. The van der Waals surface area contributed by atoms with E-state index in [1.54, 1.807) is 22.9 Å². The first-order valence-electron chi connectivity index (χ1n) is 6.22. The number of rotatable bonds is 1. The molecule has 18 heavy (non-hydrogen) atoms. The Balaban J connectivity index is 0.000000492. The van der Waals surface area contributed by atoms with Gasteiger partial charge in [0.25, 0.3) is 5.56 Å². The number of aryl methyl sites for hydroxylation is 2. The Bertz CT molecular complexity index is 558. The van der Waals surface area contributed by atoms with Crippen LogP contribution in [0.5, 0.6) is 0 Å². The lowest BCUT2D eigenvalue weighted by Crippen LogP contribution is -2.17. The second-order valence-corrected chi connectivity index (χ2v) is 4.17. The highest BCUT2D eigenvalue weighted by Crippen LogP contribution is 2.09. The van der Waals surface area contributed by atoms with Crippen molar-refractivity contribution in [2.75, 3.05) is 0 Å². The fourth-order valence-corrected chi connectivity index (χ4v) is 1.56. The monoisotopic (exact) mass is 244 g/mol. The summed E-state index contributed by atoms with van der Waals surface area (Å²) >= 11 is 0. The molecule has 96 valence electrons. The van der Waals surface area contributed by atoms with Crippen LogP contribution in [0, 0.1) is 13.8 Å². The van der Waals surface area contributed by atoms with Crippen LogP contribution in [-0.4, -0.2) is 9.55 Å². The lowest BCUT2D eigenvalue weighted by molar-refractivity contribution is 0.948. The molecular weight excluding hydrogens is 224 g/mol. The van der Waals surface area contributed by atoms with E-state index in [0.717, 1.165) is 17.1 Å². The predicted octanol–water partition coefficient (Wildman–Crippen LogP) is 3.27. The zero-order valence-corrected chi connectivity index (χ0v) is 11.5. The Morgan fingerprint density at radius 2 is 1.78 bits per heavy atom. The van der Waals surface area contributed by atoms with Crippen molar-refractivity contribution in [3.8, 4) is 5.69 Å². The van der Waals surface area contributed by atoms with Crippen LogP contribution in [0.15, 0.2) is 41.3 Å². The fraction of sp³-hybridized carbons (Fsp3) is 0.333. The van der Waals surface area contributed by atoms with Crippen LogP contribution < -0.4 is 5.56 Å². The van der Waals surface area contributed by atoms with Crippen molar-refractivity contribution in [3.63, 3.8) is 0 Å². The van der Waals surface area contributed by atoms with Gasteiger partial charge in [-0.05, 0) is 32.0 Å². The van der Waals surface area contributed by atoms with Crippen LogP contribution in [-0.2, 0) is 0 Å². The van der Waals surface area contributed by atoms with E-state index < -0.39 is 0 Å². The summed E-state index contributed by atoms with van der Waals surface area (Å²) in [6, 6.07) is 8.93. The largest absolute Gasteiger partial charge is 0.282 e. The van der Waals surface area contributed by atoms with E-state index in [-0.39, 0.29) is 5.56 Å². The van der Waals surface area contributed by atoms with Gasteiger partial charge >= 0.3 is 0 Å². The molecule has 2 aromatic rings. The molecule has 0 aliphatic carbocycles. The van der Waals surface area contributed by atoms with Gasteiger partial charge < -0.3 is 0 Å². The Kier molecular flexibility index (Phi) is 5.31. The zero-order valence-electron chi connectivity index (χ0n) is 11.5. The highest BCUT2D eigenvalue weighted by atomic mass is 16.1. The highest BCUT2D eigenvalue weighted by Gasteiger charge is 2.02. The lowest BCUT2D eigenvalue weighted by Gasteiger charge is -2.08. The van der Waals surface area contributed by atoms with Crippen LogP contribution >= 0.6 is 0 Å². The molecular formula is C15H20N2O. The normalized spacial score (nSPS) is 9.56. The molecule has 0 saturated carbocycles. The average Bonchev–Trinajstić information content (AvgIpc) is 2.32. The molecule has 3 heteroatoms. The van der Waals surface area contributed by atoms with Crippen LogP contribution in [0.2, 0.25) is 0 Å². The zero-order chi connectivity index (χ0) is 13.5. The number of nitrogens with zero attached hydrogens (tertiary/aromatic N) is 2. The second-order valence-electron chi connectivity index (χ2n) is 4.17. The third-order valence-corrected chi connectivity index (χ3v) is 2.28. The van der Waals surface area contributed by atoms with E-state index in [1.165, 1.54) is 6.42 Å². The number of pyridine rings is 2. The Labute approximate surface area is 108 Å². The van der Waals surface area contributed by atoms with Crippen molar-refractivity contribution >= 4 is 0 Å². The number of hydrogen-bond acceptors (Lipinski definition) is 2. The quantitative estimate of drug-likeness (QED) is 0.771. The second kappa shape index (κ2) is 6.74.